The van der Waals surface area contributed by atoms with Gasteiger partial charge in [0.05, 0.1) is 11.4 Å². The average molecular weight is 357 g/mol. The van der Waals surface area contributed by atoms with Gasteiger partial charge < -0.3 is 9.97 Å². The number of rotatable bonds is 15. The standard InChI is InChI=1S/C24H40N2/c1-3-5-7-9-11-13-15-21-19-23(26-20-21)24-22(17-18-25-24)16-14-12-10-8-6-4-2/h17-20,25-26H,3-16H2,1-2H3. The van der Waals surface area contributed by atoms with E-state index in [1.54, 1.807) is 0 Å². The van der Waals surface area contributed by atoms with Crippen LogP contribution in [0.5, 0.6) is 0 Å². The normalized spacial score (nSPS) is 11.3. The summed E-state index contributed by atoms with van der Waals surface area (Å²) in [5.74, 6) is 0. The van der Waals surface area contributed by atoms with E-state index < -0.39 is 0 Å². The molecule has 0 saturated carbocycles. The highest BCUT2D eigenvalue weighted by molar-refractivity contribution is 5.60. The van der Waals surface area contributed by atoms with Gasteiger partial charge in [0.2, 0.25) is 0 Å². The van der Waals surface area contributed by atoms with E-state index in [2.05, 4.69) is 48.3 Å². The Kier molecular flexibility index (Phi) is 10.3. The molecule has 146 valence electrons. The van der Waals surface area contributed by atoms with Crippen LogP contribution in [0.15, 0.2) is 24.5 Å². The third kappa shape index (κ3) is 7.43. The van der Waals surface area contributed by atoms with Crippen LogP contribution in [0, 0.1) is 0 Å². The fraction of sp³-hybridized carbons (Fsp3) is 0.667. The molecule has 2 aromatic heterocycles. The van der Waals surface area contributed by atoms with E-state index in [-0.39, 0.29) is 0 Å². The van der Waals surface area contributed by atoms with E-state index >= 15 is 0 Å². The molecule has 0 spiro atoms. The predicted octanol–water partition coefficient (Wildman–Crippen LogP) is 7.82. The van der Waals surface area contributed by atoms with Crippen LogP contribution in [0.2, 0.25) is 0 Å². The Morgan fingerprint density at radius 2 is 1.31 bits per heavy atom. The minimum absolute atomic E-state index is 1.19. The summed E-state index contributed by atoms with van der Waals surface area (Å²) in [5, 5.41) is 0. The van der Waals surface area contributed by atoms with E-state index in [0.29, 0.717) is 0 Å². The van der Waals surface area contributed by atoms with Crippen LogP contribution in [0.1, 0.15) is 102 Å². The lowest BCUT2D eigenvalue weighted by atomic mass is 10.0. The molecule has 0 amide bonds. The topological polar surface area (TPSA) is 31.6 Å². The lowest BCUT2D eigenvalue weighted by Gasteiger charge is -2.03. The number of H-pyrrole nitrogens is 2. The first-order chi connectivity index (χ1) is 12.8. The maximum atomic E-state index is 3.50. The molecule has 0 aliphatic rings. The van der Waals surface area contributed by atoms with Gasteiger partial charge in [0.1, 0.15) is 0 Å². The third-order valence-electron chi connectivity index (χ3n) is 5.46. The summed E-state index contributed by atoms with van der Waals surface area (Å²) in [7, 11) is 0. The second kappa shape index (κ2) is 12.8. The van der Waals surface area contributed by atoms with Gasteiger partial charge in [0.15, 0.2) is 0 Å². The summed E-state index contributed by atoms with van der Waals surface area (Å²) in [5.41, 5.74) is 5.48. The fourth-order valence-electron chi connectivity index (χ4n) is 3.79. The van der Waals surface area contributed by atoms with Gasteiger partial charge in [0.25, 0.3) is 0 Å². The van der Waals surface area contributed by atoms with Crippen molar-refractivity contribution >= 4 is 0 Å². The largest absolute Gasteiger partial charge is 0.360 e. The van der Waals surface area contributed by atoms with Crippen LogP contribution in [0.25, 0.3) is 11.4 Å². The number of aromatic amines is 2. The monoisotopic (exact) mass is 356 g/mol. The van der Waals surface area contributed by atoms with Crippen molar-refractivity contribution in [1.82, 2.24) is 9.97 Å². The van der Waals surface area contributed by atoms with Crippen molar-refractivity contribution in [2.75, 3.05) is 0 Å². The first-order valence-corrected chi connectivity index (χ1v) is 11.2. The average Bonchev–Trinajstić information content (AvgIpc) is 3.30. The summed E-state index contributed by atoms with van der Waals surface area (Å²) in [4.78, 5) is 6.95. The summed E-state index contributed by atoms with van der Waals surface area (Å²) in [6.07, 6.45) is 23.1. The molecule has 0 unspecified atom stereocenters. The highest BCUT2D eigenvalue weighted by Crippen LogP contribution is 2.24. The minimum Gasteiger partial charge on any atom is -0.360 e. The van der Waals surface area contributed by atoms with Crippen LogP contribution >= 0.6 is 0 Å². The highest BCUT2D eigenvalue weighted by atomic mass is 14.8. The van der Waals surface area contributed by atoms with Crippen LogP contribution in [-0.4, -0.2) is 9.97 Å². The quantitative estimate of drug-likeness (QED) is 0.305. The molecule has 0 aromatic carbocycles. The van der Waals surface area contributed by atoms with Gasteiger partial charge in [-0.3, -0.25) is 0 Å². The van der Waals surface area contributed by atoms with Crippen LogP contribution in [0.4, 0.5) is 0 Å². The molecule has 26 heavy (non-hydrogen) atoms. The molecule has 0 atom stereocenters. The molecule has 2 heteroatoms. The van der Waals surface area contributed by atoms with Crippen LogP contribution < -0.4 is 0 Å². The second-order valence-electron chi connectivity index (χ2n) is 7.84. The summed E-state index contributed by atoms with van der Waals surface area (Å²) >= 11 is 0. The number of nitrogens with one attached hydrogen (secondary N) is 2. The second-order valence-corrected chi connectivity index (χ2v) is 7.84. The molecule has 0 radical (unpaired) electrons. The molecule has 0 bridgehead atoms. The lowest BCUT2D eigenvalue weighted by Crippen LogP contribution is -1.89. The lowest BCUT2D eigenvalue weighted by molar-refractivity contribution is 0.607. The van der Waals surface area contributed by atoms with Crippen LogP contribution in [-0.2, 0) is 12.8 Å². The van der Waals surface area contributed by atoms with Crippen molar-refractivity contribution < 1.29 is 0 Å². The van der Waals surface area contributed by atoms with Crippen molar-refractivity contribution in [3.8, 4) is 11.4 Å². The number of aryl methyl sites for hydroxylation is 2. The van der Waals surface area contributed by atoms with Crippen molar-refractivity contribution in [2.24, 2.45) is 0 Å². The molecule has 0 aliphatic heterocycles. The predicted molar refractivity (Wildman–Crippen MR) is 115 cm³/mol. The Morgan fingerprint density at radius 3 is 2.00 bits per heavy atom. The Labute approximate surface area is 161 Å². The smallest absolute Gasteiger partial charge is 0.0652 e. The Balaban J connectivity index is 1.73. The van der Waals surface area contributed by atoms with Crippen LogP contribution in [0.3, 0.4) is 0 Å². The molecule has 2 rings (SSSR count). The van der Waals surface area contributed by atoms with Crippen molar-refractivity contribution in [2.45, 2.75) is 104 Å². The van der Waals surface area contributed by atoms with Crippen molar-refractivity contribution in [1.29, 1.82) is 0 Å². The van der Waals surface area contributed by atoms with E-state index in [4.69, 9.17) is 0 Å². The number of aromatic nitrogens is 2. The van der Waals surface area contributed by atoms with Gasteiger partial charge in [-0.05, 0) is 48.9 Å². The van der Waals surface area contributed by atoms with Gasteiger partial charge in [-0.2, -0.15) is 0 Å². The van der Waals surface area contributed by atoms with Gasteiger partial charge in [-0.15, -0.1) is 0 Å². The summed E-state index contributed by atoms with van der Waals surface area (Å²) in [6, 6.07) is 4.61. The number of unbranched alkanes of at least 4 members (excludes halogenated alkanes) is 10. The van der Waals surface area contributed by atoms with Gasteiger partial charge in [-0.25, -0.2) is 0 Å². The molecular formula is C24H40N2. The van der Waals surface area contributed by atoms with Crippen molar-refractivity contribution in [3.63, 3.8) is 0 Å². The minimum atomic E-state index is 1.19. The third-order valence-corrected chi connectivity index (χ3v) is 5.46. The molecule has 2 nitrogen and oxygen atoms in total. The van der Waals surface area contributed by atoms with E-state index in [1.165, 1.54) is 112 Å². The van der Waals surface area contributed by atoms with Gasteiger partial charge in [-0.1, -0.05) is 78.1 Å². The fourth-order valence-corrected chi connectivity index (χ4v) is 3.79. The highest BCUT2D eigenvalue weighted by Gasteiger charge is 2.09. The molecule has 0 saturated heterocycles. The van der Waals surface area contributed by atoms with E-state index in [9.17, 15) is 0 Å². The SMILES string of the molecule is CCCCCCCCc1c[nH]c(-c2[nH]ccc2CCCCCCCC)c1. The Hall–Kier alpha value is -1.44. The Bertz CT molecular complexity index is 579. The number of hydrogen-bond acceptors (Lipinski definition) is 0. The van der Waals surface area contributed by atoms with Gasteiger partial charge >= 0.3 is 0 Å². The summed E-state index contributed by atoms with van der Waals surface area (Å²) < 4.78 is 0. The maximum Gasteiger partial charge on any atom is 0.0652 e. The molecule has 2 aromatic rings. The zero-order chi connectivity index (χ0) is 18.5. The Morgan fingerprint density at radius 1 is 0.692 bits per heavy atom. The van der Waals surface area contributed by atoms with E-state index in [0.717, 1.165) is 0 Å². The molecular weight excluding hydrogens is 316 g/mol. The molecule has 0 fully saturated rings. The first kappa shape index (κ1) is 20.9. The summed E-state index contributed by atoms with van der Waals surface area (Å²) in [6.45, 7) is 4.56. The maximum absolute atomic E-state index is 3.50. The van der Waals surface area contributed by atoms with Gasteiger partial charge in [0, 0.05) is 12.4 Å². The van der Waals surface area contributed by atoms with E-state index in [1.807, 2.05) is 0 Å². The molecule has 2 N–H and O–H groups in total. The zero-order valence-corrected chi connectivity index (χ0v) is 17.2. The first-order valence-electron chi connectivity index (χ1n) is 11.2. The van der Waals surface area contributed by atoms with Crippen molar-refractivity contribution in [3.05, 3.63) is 35.7 Å². The molecule has 0 aliphatic carbocycles. The molecule has 2 heterocycles. The number of hydrogen-bond donors (Lipinski definition) is 2. The zero-order valence-electron chi connectivity index (χ0n) is 17.2.